The molecule has 128 valence electrons. The maximum absolute atomic E-state index is 13.7. The first-order chi connectivity index (χ1) is 12.0. The molecule has 1 amide bonds. The number of hydrogen-bond donors (Lipinski definition) is 1. The second kappa shape index (κ2) is 6.89. The summed E-state index contributed by atoms with van der Waals surface area (Å²) in [6, 6.07) is 14.7. The lowest BCUT2D eigenvalue weighted by atomic mass is 9.97. The smallest absolute Gasteiger partial charge is 0.231 e. The first-order valence-electron chi connectivity index (χ1n) is 7.82. The van der Waals surface area contributed by atoms with Gasteiger partial charge in [-0.1, -0.05) is 30.3 Å². The van der Waals surface area contributed by atoms with Crippen molar-refractivity contribution in [2.75, 3.05) is 12.4 Å². The topological polar surface area (TPSA) is 38.3 Å². The Balaban J connectivity index is 1.85. The molecule has 25 heavy (non-hydrogen) atoms. The molecule has 0 radical (unpaired) electrons. The number of amides is 1. The van der Waals surface area contributed by atoms with Gasteiger partial charge < -0.3 is 10.1 Å². The molecule has 3 aromatic rings. The molecule has 5 heteroatoms. The first-order valence-corrected chi connectivity index (χ1v) is 7.82. The predicted molar refractivity (Wildman–Crippen MR) is 93.9 cm³/mol. The van der Waals surface area contributed by atoms with E-state index in [0.717, 1.165) is 34.2 Å². The van der Waals surface area contributed by atoms with E-state index in [-0.39, 0.29) is 0 Å². The van der Waals surface area contributed by atoms with E-state index in [1.807, 2.05) is 36.4 Å². The molecule has 3 aromatic carbocycles. The minimum atomic E-state index is -0.800. The van der Waals surface area contributed by atoms with Gasteiger partial charge in [0.15, 0.2) is 0 Å². The van der Waals surface area contributed by atoms with E-state index in [2.05, 4.69) is 5.32 Å². The number of carbonyl (C=O) groups excluding carboxylic acids is 1. The van der Waals surface area contributed by atoms with Crippen LogP contribution in [0.1, 0.15) is 18.4 Å². The Labute approximate surface area is 144 Å². The highest BCUT2D eigenvalue weighted by atomic mass is 19.1. The lowest BCUT2D eigenvalue weighted by molar-refractivity contribution is -0.117. The maximum atomic E-state index is 13.7. The van der Waals surface area contributed by atoms with Crippen LogP contribution in [0.25, 0.3) is 10.8 Å². The van der Waals surface area contributed by atoms with Gasteiger partial charge in [-0.15, -0.1) is 0 Å². The van der Waals surface area contributed by atoms with Gasteiger partial charge in [0, 0.05) is 0 Å². The molecule has 0 bridgehead atoms. The van der Waals surface area contributed by atoms with Gasteiger partial charge in [0.05, 0.1) is 13.0 Å². The fraction of sp³-hybridized carbons (Fsp3) is 0.150. The van der Waals surface area contributed by atoms with Crippen LogP contribution in [0.15, 0.2) is 54.6 Å². The normalized spacial score (nSPS) is 12.0. The third kappa shape index (κ3) is 3.45. The van der Waals surface area contributed by atoms with Gasteiger partial charge in [-0.25, -0.2) is 8.78 Å². The number of anilines is 1. The summed E-state index contributed by atoms with van der Waals surface area (Å²) in [6.07, 6.45) is 0. The highest BCUT2D eigenvalue weighted by Gasteiger charge is 2.19. The van der Waals surface area contributed by atoms with Crippen LogP contribution in [-0.2, 0) is 4.79 Å². The minimum absolute atomic E-state index is 0.426. The number of halogens is 2. The van der Waals surface area contributed by atoms with Crippen LogP contribution >= 0.6 is 0 Å². The largest absolute Gasteiger partial charge is 0.497 e. The average Bonchev–Trinajstić information content (AvgIpc) is 2.63. The number of hydrogen-bond acceptors (Lipinski definition) is 2. The molecule has 0 heterocycles. The molecule has 0 spiro atoms. The van der Waals surface area contributed by atoms with E-state index < -0.39 is 29.1 Å². The summed E-state index contributed by atoms with van der Waals surface area (Å²) in [5.74, 6) is -1.89. The van der Waals surface area contributed by atoms with E-state index in [4.69, 9.17) is 4.74 Å². The van der Waals surface area contributed by atoms with Crippen molar-refractivity contribution in [2.24, 2.45) is 0 Å². The summed E-state index contributed by atoms with van der Waals surface area (Å²) in [5.41, 5.74) is 0.330. The number of methoxy groups -OCH3 is 1. The summed E-state index contributed by atoms with van der Waals surface area (Å²) in [5, 5.41) is 4.27. The van der Waals surface area contributed by atoms with Crippen LogP contribution in [-0.4, -0.2) is 13.0 Å². The zero-order valence-corrected chi connectivity index (χ0v) is 13.8. The SMILES string of the molecule is COc1ccc2cc(C(C)C(=O)Nc3c(F)cccc3F)ccc2c1. The molecular formula is C20H17F2NO2. The fourth-order valence-corrected chi connectivity index (χ4v) is 2.64. The van der Waals surface area contributed by atoms with Gasteiger partial charge in [0.2, 0.25) is 5.91 Å². The highest BCUT2D eigenvalue weighted by molar-refractivity contribution is 5.96. The van der Waals surface area contributed by atoms with Crippen molar-refractivity contribution >= 4 is 22.4 Å². The molecule has 0 aliphatic carbocycles. The third-order valence-electron chi connectivity index (χ3n) is 4.18. The van der Waals surface area contributed by atoms with Crippen molar-refractivity contribution in [2.45, 2.75) is 12.8 Å². The number of nitrogens with one attached hydrogen (secondary N) is 1. The van der Waals surface area contributed by atoms with Crippen LogP contribution in [0.5, 0.6) is 5.75 Å². The quantitative estimate of drug-likeness (QED) is 0.735. The Kier molecular flexibility index (Phi) is 4.65. The van der Waals surface area contributed by atoms with Crippen molar-refractivity contribution in [3.8, 4) is 5.75 Å². The van der Waals surface area contributed by atoms with Crippen LogP contribution in [0, 0.1) is 11.6 Å². The molecule has 0 aliphatic heterocycles. The van der Waals surface area contributed by atoms with E-state index >= 15 is 0 Å². The van der Waals surface area contributed by atoms with Gasteiger partial charge in [0.1, 0.15) is 23.1 Å². The number of para-hydroxylation sites is 1. The van der Waals surface area contributed by atoms with Crippen LogP contribution in [0.4, 0.5) is 14.5 Å². The van der Waals surface area contributed by atoms with Gasteiger partial charge in [-0.2, -0.15) is 0 Å². The molecule has 1 atom stereocenters. The molecule has 0 fully saturated rings. The first kappa shape index (κ1) is 16.9. The fourth-order valence-electron chi connectivity index (χ4n) is 2.64. The zero-order valence-electron chi connectivity index (χ0n) is 13.8. The van der Waals surface area contributed by atoms with Crippen molar-refractivity contribution in [3.05, 3.63) is 71.8 Å². The van der Waals surface area contributed by atoms with Crippen molar-refractivity contribution in [3.63, 3.8) is 0 Å². The van der Waals surface area contributed by atoms with Crippen LogP contribution in [0.2, 0.25) is 0 Å². The molecule has 0 aromatic heterocycles. The highest BCUT2D eigenvalue weighted by Crippen LogP contribution is 2.26. The number of ether oxygens (including phenoxy) is 1. The average molecular weight is 341 g/mol. The summed E-state index contributed by atoms with van der Waals surface area (Å²) >= 11 is 0. The van der Waals surface area contributed by atoms with Crippen LogP contribution < -0.4 is 10.1 Å². The third-order valence-corrected chi connectivity index (χ3v) is 4.18. The summed E-state index contributed by atoms with van der Waals surface area (Å²) in [7, 11) is 1.60. The Morgan fingerprint density at radius 1 is 1.00 bits per heavy atom. The van der Waals surface area contributed by atoms with E-state index in [1.54, 1.807) is 14.0 Å². The molecule has 1 unspecified atom stereocenters. The minimum Gasteiger partial charge on any atom is -0.497 e. The Bertz CT molecular complexity index is 920. The lowest BCUT2D eigenvalue weighted by Crippen LogP contribution is -2.20. The monoisotopic (exact) mass is 341 g/mol. The van der Waals surface area contributed by atoms with Gasteiger partial charge in [-0.3, -0.25) is 4.79 Å². The molecule has 0 saturated heterocycles. The molecule has 3 nitrogen and oxygen atoms in total. The molecule has 0 saturated carbocycles. The number of fused-ring (bicyclic) bond motifs is 1. The Morgan fingerprint density at radius 2 is 1.64 bits per heavy atom. The van der Waals surface area contributed by atoms with Crippen molar-refractivity contribution < 1.29 is 18.3 Å². The Hall–Kier alpha value is -2.95. The number of rotatable bonds is 4. The van der Waals surface area contributed by atoms with E-state index in [0.29, 0.717) is 0 Å². The molecule has 1 N–H and O–H groups in total. The zero-order chi connectivity index (χ0) is 18.0. The predicted octanol–water partition coefficient (Wildman–Crippen LogP) is 4.87. The standard InChI is InChI=1S/C20H17F2NO2/c1-12(20(24)23-19-17(21)4-3-5-18(19)22)13-6-7-15-11-16(25-2)9-8-14(15)10-13/h3-12H,1-2H3,(H,23,24). The summed E-state index contributed by atoms with van der Waals surface area (Å²) in [6.45, 7) is 1.69. The second-order valence-electron chi connectivity index (χ2n) is 5.78. The summed E-state index contributed by atoms with van der Waals surface area (Å²) in [4.78, 5) is 12.4. The number of benzene rings is 3. The van der Waals surface area contributed by atoms with E-state index in [9.17, 15) is 13.6 Å². The maximum Gasteiger partial charge on any atom is 0.231 e. The Morgan fingerprint density at radius 3 is 2.32 bits per heavy atom. The van der Waals surface area contributed by atoms with E-state index in [1.165, 1.54) is 6.07 Å². The molecular weight excluding hydrogens is 324 g/mol. The van der Waals surface area contributed by atoms with Gasteiger partial charge in [0.25, 0.3) is 0 Å². The molecule has 0 aliphatic rings. The van der Waals surface area contributed by atoms with Gasteiger partial charge >= 0.3 is 0 Å². The van der Waals surface area contributed by atoms with Crippen molar-refractivity contribution in [1.29, 1.82) is 0 Å². The van der Waals surface area contributed by atoms with Crippen LogP contribution in [0.3, 0.4) is 0 Å². The number of carbonyl (C=O) groups is 1. The molecule has 3 rings (SSSR count). The van der Waals surface area contributed by atoms with Crippen molar-refractivity contribution in [1.82, 2.24) is 0 Å². The second-order valence-corrected chi connectivity index (χ2v) is 5.78. The summed E-state index contributed by atoms with van der Waals surface area (Å²) < 4.78 is 32.6. The van der Waals surface area contributed by atoms with Gasteiger partial charge in [-0.05, 0) is 47.5 Å². The lowest BCUT2D eigenvalue weighted by Gasteiger charge is -2.14.